The van der Waals surface area contributed by atoms with Crippen LogP contribution in [-0.4, -0.2) is 54.8 Å². The van der Waals surface area contributed by atoms with Gasteiger partial charge in [0.05, 0.1) is 12.0 Å². The van der Waals surface area contributed by atoms with Crippen molar-refractivity contribution in [2.75, 3.05) is 33.2 Å². The van der Waals surface area contributed by atoms with Crippen LogP contribution < -0.4 is 5.32 Å². The molecule has 0 bridgehead atoms. The molecule has 0 radical (unpaired) electrons. The number of amides is 2. The van der Waals surface area contributed by atoms with Crippen LogP contribution in [0.1, 0.15) is 53.0 Å². The first-order valence-corrected chi connectivity index (χ1v) is 10.9. The van der Waals surface area contributed by atoms with E-state index in [2.05, 4.69) is 24.1 Å². The monoisotopic (exact) mass is 399 g/mol. The van der Waals surface area contributed by atoms with Gasteiger partial charge in [-0.1, -0.05) is 38.1 Å². The molecule has 0 saturated carbocycles. The summed E-state index contributed by atoms with van der Waals surface area (Å²) >= 11 is 1.59. The van der Waals surface area contributed by atoms with Gasteiger partial charge in [0.1, 0.15) is 0 Å². The fourth-order valence-corrected chi connectivity index (χ4v) is 4.84. The van der Waals surface area contributed by atoms with Crippen molar-refractivity contribution in [3.63, 3.8) is 0 Å². The number of nitrogens with zero attached hydrogens (tertiary/aromatic N) is 2. The van der Waals surface area contributed by atoms with E-state index < -0.39 is 5.92 Å². The van der Waals surface area contributed by atoms with Gasteiger partial charge in [0.25, 0.3) is 5.91 Å². The zero-order chi connectivity index (χ0) is 20.1. The average molecular weight is 400 g/mol. The molecule has 2 atom stereocenters. The second-order valence-electron chi connectivity index (χ2n) is 7.11. The number of likely N-dealkylation sites (N-methyl/N-ethyl adjacent to an activating group) is 1. The van der Waals surface area contributed by atoms with Crippen LogP contribution >= 0.6 is 11.3 Å². The maximum absolute atomic E-state index is 13.2. The molecule has 3 rings (SSSR count). The zero-order valence-electron chi connectivity index (χ0n) is 16.9. The lowest BCUT2D eigenvalue weighted by Crippen LogP contribution is -2.45. The summed E-state index contributed by atoms with van der Waals surface area (Å²) in [5.74, 6) is -0.435. The summed E-state index contributed by atoms with van der Waals surface area (Å²) in [4.78, 5) is 31.2. The van der Waals surface area contributed by atoms with E-state index in [4.69, 9.17) is 0 Å². The molecule has 2 aromatic rings. The number of benzene rings is 1. The van der Waals surface area contributed by atoms with E-state index in [0.29, 0.717) is 12.1 Å². The quantitative estimate of drug-likeness (QED) is 0.691. The van der Waals surface area contributed by atoms with Gasteiger partial charge >= 0.3 is 0 Å². The highest BCUT2D eigenvalue weighted by Crippen LogP contribution is 2.43. The van der Waals surface area contributed by atoms with Gasteiger partial charge in [0.15, 0.2) is 0 Å². The summed E-state index contributed by atoms with van der Waals surface area (Å²) in [6.07, 6.45) is 0.917. The van der Waals surface area contributed by atoms with E-state index in [1.165, 1.54) is 0 Å². The van der Waals surface area contributed by atoms with Crippen molar-refractivity contribution < 1.29 is 9.59 Å². The van der Waals surface area contributed by atoms with Gasteiger partial charge in [0.2, 0.25) is 5.91 Å². The minimum atomic E-state index is -0.397. The zero-order valence-corrected chi connectivity index (χ0v) is 17.7. The van der Waals surface area contributed by atoms with Crippen LogP contribution in [0.5, 0.6) is 0 Å². The van der Waals surface area contributed by atoms with Crippen molar-refractivity contribution in [3.05, 3.63) is 57.8 Å². The number of fused-ring (bicyclic) bond motifs is 1. The largest absolute Gasteiger partial charge is 0.355 e. The summed E-state index contributed by atoms with van der Waals surface area (Å²) in [6, 6.07) is 11.2. The number of nitrogens with one attached hydrogen (secondary N) is 1. The van der Waals surface area contributed by atoms with Crippen LogP contribution in [0.4, 0.5) is 0 Å². The Balaban J connectivity index is 1.81. The Kier molecular flexibility index (Phi) is 6.86. The number of hydrogen-bond acceptors (Lipinski definition) is 4. The third-order valence-electron chi connectivity index (χ3n) is 5.54. The van der Waals surface area contributed by atoms with Gasteiger partial charge in [-0.15, -0.1) is 11.3 Å². The molecule has 6 heteroatoms. The van der Waals surface area contributed by atoms with Crippen LogP contribution in [-0.2, 0) is 4.79 Å². The van der Waals surface area contributed by atoms with Gasteiger partial charge in [-0.25, -0.2) is 0 Å². The molecule has 28 heavy (non-hydrogen) atoms. The standard InChI is InChI=1S/C22H29N3O2S/c1-4-25(5-2)14-9-13-23-21(26)19-16-10-6-7-11-17(16)22(27)24(3)20(19)18-12-8-15-28-18/h6-8,10-12,15,19-20H,4-5,9,13-14H2,1-3H3,(H,23,26)/t19-,20+/m0/s1. The molecule has 0 aliphatic carbocycles. The Bertz CT molecular complexity index is 802. The van der Waals surface area contributed by atoms with E-state index >= 15 is 0 Å². The molecule has 150 valence electrons. The minimum absolute atomic E-state index is 0.00949. The minimum Gasteiger partial charge on any atom is -0.355 e. The maximum atomic E-state index is 13.2. The van der Waals surface area contributed by atoms with Crippen molar-refractivity contribution in [3.8, 4) is 0 Å². The molecule has 0 fully saturated rings. The molecule has 1 aliphatic rings. The topological polar surface area (TPSA) is 52.7 Å². The summed E-state index contributed by atoms with van der Waals surface area (Å²) in [6.45, 7) is 7.96. The Morgan fingerprint density at radius 2 is 1.93 bits per heavy atom. The second-order valence-corrected chi connectivity index (χ2v) is 8.09. The van der Waals surface area contributed by atoms with Gasteiger partial charge in [-0.3, -0.25) is 9.59 Å². The number of hydrogen-bond donors (Lipinski definition) is 1. The lowest BCUT2D eigenvalue weighted by atomic mass is 9.81. The summed E-state index contributed by atoms with van der Waals surface area (Å²) in [7, 11) is 1.79. The second kappa shape index (κ2) is 9.34. The number of carbonyl (C=O) groups excluding carboxylic acids is 2. The van der Waals surface area contributed by atoms with Gasteiger partial charge in [-0.2, -0.15) is 0 Å². The van der Waals surface area contributed by atoms with Crippen molar-refractivity contribution in [2.45, 2.75) is 32.2 Å². The van der Waals surface area contributed by atoms with Crippen molar-refractivity contribution in [1.29, 1.82) is 0 Å². The highest BCUT2D eigenvalue weighted by molar-refractivity contribution is 7.10. The van der Waals surface area contributed by atoms with Gasteiger partial charge in [-0.05, 0) is 49.1 Å². The molecule has 0 unspecified atom stereocenters. The summed E-state index contributed by atoms with van der Waals surface area (Å²) in [5, 5.41) is 5.12. The number of carbonyl (C=O) groups is 2. The van der Waals surface area contributed by atoms with E-state index in [-0.39, 0.29) is 17.9 Å². The maximum Gasteiger partial charge on any atom is 0.254 e. The smallest absolute Gasteiger partial charge is 0.254 e. The highest BCUT2D eigenvalue weighted by Gasteiger charge is 2.42. The third-order valence-corrected chi connectivity index (χ3v) is 6.48. The number of thiophene rings is 1. The molecular formula is C22H29N3O2S. The van der Waals surface area contributed by atoms with Crippen LogP contribution in [0.25, 0.3) is 0 Å². The molecule has 1 aromatic carbocycles. The first kappa shape index (κ1) is 20.6. The predicted molar refractivity (Wildman–Crippen MR) is 114 cm³/mol. The molecule has 1 N–H and O–H groups in total. The Morgan fingerprint density at radius 1 is 1.18 bits per heavy atom. The molecule has 0 spiro atoms. The molecule has 2 heterocycles. The highest BCUT2D eigenvalue weighted by atomic mass is 32.1. The molecular weight excluding hydrogens is 370 g/mol. The van der Waals surface area contributed by atoms with Crippen molar-refractivity contribution >= 4 is 23.2 Å². The normalized spacial score (nSPS) is 19.0. The van der Waals surface area contributed by atoms with E-state index in [1.807, 2.05) is 41.8 Å². The molecule has 1 aromatic heterocycles. The van der Waals surface area contributed by atoms with Gasteiger partial charge < -0.3 is 15.1 Å². The van der Waals surface area contributed by atoms with Crippen LogP contribution in [0.15, 0.2) is 41.8 Å². The van der Waals surface area contributed by atoms with E-state index in [1.54, 1.807) is 23.3 Å². The van der Waals surface area contributed by atoms with Gasteiger partial charge in [0, 0.05) is 24.0 Å². The van der Waals surface area contributed by atoms with Crippen LogP contribution in [0.2, 0.25) is 0 Å². The Labute approximate surface area is 171 Å². The fourth-order valence-electron chi connectivity index (χ4n) is 3.94. The predicted octanol–water partition coefficient (Wildman–Crippen LogP) is 3.51. The first-order chi connectivity index (χ1) is 13.6. The molecule has 0 saturated heterocycles. The van der Waals surface area contributed by atoms with Crippen molar-refractivity contribution in [2.24, 2.45) is 0 Å². The summed E-state index contributed by atoms with van der Waals surface area (Å²) in [5.41, 5.74) is 1.45. The fraction of sp³-hybridized carbons (Fsp3) is 0.455. The van der Waals surface area contributed by atoms with E-state index in [0.717, 1.165) is 36.5 Å². The molecule has 2 amide bonds. The average Bonchev–Trinajstić information content (AvgIpc) is 3.24. The third kappa shape index (κ3) is 4.13. The Morgan fingerprint density at radius 3 is 2.61 bits per heavy atom. The molecule has 1 aliphatic heterocycles. The lowest BCUT2D eigenvalue weighted by Gasteiger charge is -2.39. The van der Waals surface area contributed by atoms with Crippen molar-refractivity contribution in [1.82, 2.24) is 15.1 Å². The SMILES string of the molecule is CCN(CC)CCCNC(=O)[C@H]1c2ccccc2C(=O)N(C)[C@@H]1c1cccs1. The van der Waals surface area contributed by atoms with Crippen LogP contribution in [0.3, 0.4) is 0 Å². The first-order valence-electron chi connectivity index (χ1n) is 9.98. The van der Waals surface area contributed by atoms with Crippen LogP contribution in [0, 0.1) is 0 Å². The summed E-state index contributed by atoms with van der Waals surface area (Å²) < 4.78 is 0. The lowest BCUT2D eigenvalue weighted by molar-refractivity contribution is -0.124. The molecule has 5 nitrogen and oxygen atoms in total. The number of rotatable bonds is 8. The Hall–Kier alpha value is -2.18. The van der Waals surface area contributed by atoms with E-state index in [9.17, 15) is 9.59 Å².